The summed E-state index contributed by atoms with van der Waals surface area (Å²) in [5.74, 6) is -4.70. The summed E-state index contributed by atoms with van der Waals surface area (Å²) < 4.78 is 0. The van der Waals surface area contributed by atoms with Crippen LogP contribution in [-0.2, 0) is 36.8 Å². The number of aromatic hydroxyl groups is 1. The molecule has 0 aliphatic heterocycles. The largest absolute Gasteiger partial charge is 0.508 e. The molecule has 4 atom stereocenters. The number of H-pyrrole nitrogens is 1. The fourth-order valence-corrected chi connectivity index (χ4v) is 3.48. The number of nitrogens with two attached hydrogens (primary N) is 2. The first-order valence-electron chi connectivity index (χ1n) is 11.0. The molecule has 0 fully saturated rings. The van der Waals surface area contributed by atoms with Crippen LogP contribution in [0.4, 0.5) is 0 Å². The van der Waals surface area contributed by atoms with E-state index in [2.05, 4.69) is 38.5 Å². The van der Waals surface area contributed by atoms with Crippen molar-refractivity contribution in [1.29, 1.82) is 0 Å². The van der Waals surface area contributed by atoms with E-state index in [0.717, 1.165) is 0 Å². The zero-order valence-electron chi connectivity index (χ0n) is 19.6. The Bertz CT molecular complexity index is 1100. The average molecular weight is 536 g/mol. The number of thiol groups is 1. The molecular formula is C22H29N7O7S. The number of carbonyl (C=O) groups is 5. The fraction of sp³-hybridized carbons (Fsp3) is 0.364. The fourth-order valence-electron chi connectivity index (χ4n) is 3.22. The summed E-state index contributed by atoms with van der Waals surface area (Å²) in [6.07, 6.45) is 2.23. The van der Waals surface area contributed by atoms with Crippen molar-refractivity contribution in [2.24, 2.45) is 11.5 Å². The molecule has 10 N–H and O–H groups in total. The quantitative estimate of drug-likeness (QED) is 0.117. The van der Waals surface area contributed by atoms with Gasteiger partial charge in [-0.3, -0.25) is 19.2 Å². The number of amides is 4. The summed E-state index contributed by atoms with van der Waals surface area (Å²) >= 11 is 4.09. The van der Waals surface area contributed by atoms with E-state index < -0.39 is 60.2 Å². The Balaban J connectivity index is 2.10. The maximum atomic E-state index is 13.0. The zero-order valence-corrected chi connectivity index (χ0v) is 20.5. The number of primary amides is 1. The van der Waals surface area contributed by atoms with E-state index in [9.17, 15) is 34.2 Å². The number of nitrogens with zero attached hydrogens (tertiary/aromatic N) is 1. The van der Waals surface area contributed by atoms with E-state index in [1.165, 1.54) is 36.8 Å². The minimum atomic E-state index is -1.33. The summed E-state index contributed by atoms with van der Waals surface area (Å²) in [7, 11) is 0. The van der Waals surface area contributed by atoms with Gasteiger partial charge in [0.25, 0.3) is 0 Å². The number of carbonyl (C=O) groups excluding carboxylic acids is 4. The molecule has 4 amide bonds. The molecule has 0 saturated carbocycles. The van der Waals surface area contributed by atoms with Crippen LogP contribution in [0.25, 0.3) is 0 Å². The number of aromatic amines is 1. The van der Waals surface area contributed by atoms with Gasteiger partial charge in [-0.15, -0.1) is 0 Å². The summed E-state index contributed by atoms with van der Waals surface area (Å²) in [5, 5.41) is 26.2. The van der Waals surface area contributed by atoms with Crippen molar-refractivity contribution in [1.82, 2.24) is 25.9 Å². The van der Waals surface area contributed by atoms with E-state index in [4.69, 9.17) is 11.5 Å². The monoisotopic (exact) mass is 535 g/mol. The number of hydrogen-bond acceptors (Lipinski definition) is 9. The summed E-state index contributed by atoms with van der Waals surface area (Å²) in [6, 6.07) is 0.694. The van der Waals surface area contributed by atoms with Gasteiger partial charge in [0, 0.05) is 30.5 Å². The Labute approximate surface area is 217 Å². The molecule has 14 nitrogen and oxygen atoms in total. The van der Waals surface area contributed by atoms with Gasteiger partial charge in [-0.2, -0.15) is 12.6 Å². The number of aromatic nitrogens is 2. The van der Waals surface area contributed by atoms with Crippen LogP contribution in [0, 0.1) is 0 Å². The molecule has 0 spiro atoms. The van der Waals surface area contributed by atoms with Crippen LogP contribution in [0.5, 0.6) is 5.75 Å². The first kappa shape index (κ1) is 29.1. The molecule has 1 aromatic carbocycles. The third kappa shape index (κ3) is 9.46. The Kier molecular flexibility index (Phi) is 10.9. The molecule has 2 rings (SSSR count). The number of hydrogen-bond donors (Lipinski definition) is 9. The second-order valence-electron chi connectivity index (χ2n) is 8.13. The average Bonchev–Trinajstić information content (AvgIpc) is 3.35. The van der Waals surface area contributed by atoms with Gasteiger partial charge < -0.3 is 42.6 Å². The van der Waals surface area contributed by atoms with Crippen molar-refractivity contribution in [3.05, 3.63) is 48.0 Å². The Morgan fingerprint density at radius 2 is 1.54 bits per heavy atom. The third-order valence-corrected chi connectivity index (χ3v) is 5.54. The van der Waals surface area contributed by atoms with Crippen molar-refractivity contribution in [3.63, 3.8) is 0 Å². The number of phenols is 1. The van der Waals surface area contributed by atoms with E-state index >= 15 is 0 Å². The predicted molar refractivity (Wildman–Crippen MR) is 133 cm³/mol. The minimum Gasteiger partial charge on any atom is -0.508 e. The summed E-state index contributed by atoms with van der Waals surface area (Å²) in [6.45, 7) is 0. The Morgan fingerprint density at radius 1 is 0.946 bits per heavy atom. The first-order valence-corrected chi connectivity index (χ1v) is 11.7. The standard InChI is InChI=1S/C22H29N7O7S/c23-14(7-18(24)31)19(32)27-15(6-12-8-25-10-26-12)20(33)29-17(9-37)21(34)28-16(22(35)36)5-11-1-3-13(30)4-2-11/h1-4,8,10,14-17,30,37H,5-7,9,23H2,(H2,24,31)(H,25,26)(H,27,32)(H,28,34)(H,29,33)(H,35,36). The topological polar surface area (TPSA) is 243 Å². The molecule has 0 saturated heterocycles. The van der Waals surface area contributed by atoms with Crippen LogP contribution in [0.1, 0.15) is 17.7 Å². The van der Waals surface area contributed by atoms with Crippen LogP contribution < -0.4 is 27.4 Å². The number of aliphatic carboxylic acids is 1. The lowest BCUT2D eigenvalue weighted by Gasteiger charge is -2.24. The third-order valence-electron chi connectivity index (χ3n) is 5.18. The van der Waals surface area contributed by atoms with Gasteiger partial charge in [-0.25, -0.2) is 9.78 Å². The highest BCUT2D eigenvalue weighted by molar-refractivity contribution is 7.80. The molecule has 0 aliphatic rings. The molecule has 200 valence electrons. The molecule has 0 radical (unpaired) electrons. The number of carboxylic acid groups (broad SMARTS) is 1. The molecule has 2 aromatic rings. The van der Waals surface area contributed by atoms with Crippen LogP contribution in [0.15, 0.2) is 36.8 Å². The minimum absolute atomic E-state index is 0.00451. The van der Waals surface area contributed by atoms with Crippen molar-refractivity contribution in [2.75, 3.05) is 5.75 Å². The normalized spacial score (nSPS) is 14.0. The van der Waals surface area contributed by atoms with Gasteiger partial charge >= 0.3 is 5.97 Å². The van der Waals surface area contributed by atoms with E-state index in [1.54, 1.807) is 0 Å². The number of phenolic OH excluding ortho intramolecular Hbond substituents is 1. The Morgan fingerprint density at radius 3 is 2.08 bits per heavy atom. The molecule has 37 heavy (non-hydrogen) atoms. The van der Waals surface area contributed by atoms with Crippen LogP contribution in [0.2, 0.25) is 0 Å². The van der Waals surface area contributed by atoms with Gasteiger partial charge in [0.05, 0.1) is 18.8 Å². The molecule has 4 unspecified atom stereocenters. The van der Waals surface area contributed by atoms with Gasteiger partial charge in [0.1, 0.15) is 23.9 Å². The zero-order chi connectivity index (χ0) is 27.5. The smallest absolute Gasteiger partial charge is 0.326 e. The van der Waals surface area contributed by atoms with Crippen molar-refractivity contribution in [2.45, 2.75) is 43.4 Å². The second kappa shape index (κ2) is 13.8. The van der Waals surface area contributed by atoms with Crippen molar-refractivity contribution < 1.29 is 34.2 Å². The SMILES string of the molecule is NC(=O)CC(N)C(=O)NC(Cc1cnc[nH]1)C(=O)NC(CS)C(=O)NC(Cc1ccc(O)cc1)C(=O)O. The van der Waals surface area contributed by atoms with Gasteiger partial charge in [0.15, 0.2) is 0 Å². The van der Waals surface area contributed by atoms with E-state index in [1.807, 2.05) is 0 Å². The van der Waals surface area contributed by atoms with Crippen molar-refractivity contribution in [3.8, 4) is 5.75 Å². The van der Waals surface area contributed by atoms with Crippen LogP contribution in [0.3, 0.4) is 0 Å². The van der Waals surface area contributed by atoms with Gasteiger partial charge in [-0.05, 0) is 17.7 Å². The van der Waals surface area contributed by atoms with E-state index in [-0.39, 0.29) is 24.3 Å². The number of rotatable bonds is 14. The molecule has 1 aromatic heterocycles. The highest BCUT2D eigenvalue weighted by Crippen LogP contribution is 2.12. The summed E-state index contributed by atoms with van der Waals surface area (Å²) in [5.41, 5.74) is 11.8. The number of nitrogens with one attached hydrogen (secondary N) is 4. The lowest BCUT2D eigenvalue weighted by atomic mass is 10.1. The van der Waals surface area contributed by atoms with Crippen LogP contribution >= 0.6 is 12.6 Å². The maximum Gasteiger partial charge on any atom is 0.326 e. The first-order chi connectivity index (χ1) is 17.5. The molecule has 1 heterocycles. The highest BCUT2D eigenvalue weighted by Gasteiger charge is 2.30. The van der Waals surface area contributed by atoms with Gasteiger partial charge in [0.2, 0.25) is 23.6 Å². The van der Waals surface area contributed by atoms with Gasteiger partial charge in [-0.1, -0.05) is 12.1 Å². The van der Waals surface area contributed by atoms with E-state index in [0.29, 0.717) is 11.3 Å². The highest BCUT2D eigenvalue weighted by atomic mass is 32.1. The maximum absolute atomic E-state index is 13.0. The molecule has 0 aliphatic carbocycles. The lowest BCUT2D eigenvalue weighted by molar-refractivity contribution is -0.142. The molecular weight excluding hydrogens is 506 g/mol. The molecule has 0 bridgehead atoms. The summed E-state index contributed by atoms with van der Waals surface area (Å²) in [4.78, 5) is 67.7. The van der Waals surface area contributed by atoms with Crippen molar-refractivity contribution >= 4 is 42.2 Å². The van der Waals surface area contributed by atoms with Crippen LogP contribution in [-0.4, -0.2) is 79.7 Å². The lowest BCUT2D eigenvalue weighted by Crippen LogP contribution is -2.58. The number of imidazole rings is 1. The molecule has 15 heteroatoms. The number of benzene rings is 1. The Hall–Kier alpha value is -4.11. The predicted octanol–water partition coefficient (Wildman–Crippen LogP) is -2.43. The second-order valence-corrected chi connectivity index (χ2v) is 8.50. The number of carboxylic acids is 1.